The molecule has 2 aliphatic rings. The van der Waals surface area contributed by atoms with Crippen LogP contribution in [0.25, 0.3) is 0 Å². The van der Waals surface area contributed by atoms with Crippen molar-refractivity contribution in [3.05, 3.63) is 35.9 Å². The van der Waals surface area contributed by atoms with Crippen LogP contribution < -0.4 is 0 Å². The number of likely N-dealkylation sites (tertiary alicyclic amines) is 1. The van der Waals surface area contributed by atoms with Gasteiger partial charge in [0.25, 0.3) is 0 Å². The molecule has 1 amide bonds. The number of benzene rings is 1. The van der Waals surface area contributed by atoms with E-state index in [0.717, 1.165) is 63.8 Å². The molecule has 1 heterocycles. The summed E-state index contributed by atoms with van der Waals surface area (Å²) in [7, 11) is 0. The van der Waals surface area contributed by atoms with Gasteiger partial charge in [0.1, 0.15) is 6.61 Å². The third kappa shape index (κ3) is 6.74. The maximum atomic E-state index is 12.3. The Morgan fingerprint density at radius 2 is 1.66 bits per heavy atom. The van der Waals surface area contributed by atoms with Gasteiger partial charge in [-0.05, 0) is 56.9 Å². The first kappa shape index (κ1) is 21.6. The second kappa shape index (κ2) is 11.2. The highest BCUT2D eigenvalue weighted by atomic mass is 16.6. The van der Waals surface area contributed by atoms with E-state index in [9.17, 15) is 9.59 Å². The van der Waals surface area contributed by atoms with E-state index in [-0.39, 0.29) is 24.1 Å². The molecule has 0 unspecified atom stereocenters. The molecule has 29 heavy (non-hydrogen) atoms. The van der Waals surface area contributed by atoms with Crippen LogP contribution >= 0.6 is 0 Å². The average Bonchev–Trinajstić information content (AvgIpc) is 2.77. The lowest BCUT2D eigenvalue weighted by atomic mass is 9.87. The smallest absolute Gasteiger partial charge is 0.410 e. The molecule has 0 N–H and O–H groups in total. The van der Waals surface area contributed by atoms with Crippen LogP contribution in [0.1, 0.15) is 51.0 Å². The summed E-state index contributed by atoms with van der Waals surface area (Å²) >= 11 is 0. The van der Waals surface area contributed by atoms with Crippen LogP contribution in [-0.2, 0) is 25.6 Å². The lowest BCUT2D eigenvalue weighted by Gasteiger charge is -2.33. The van der Waals surface area contributed by atoms with Gasteiger partial charge in [-0.3, -0.25) is 4.79 Å². The number of nitrogens with zero attached hydrogens (tertiary/aromatic N) is 1. The van der Waals surface area contributed by atoms with Crippen LogP contribution in [0, 0.1) is 11.8 Å². The lowest BCUT2D eigenvalue weighted by molar-refractivity contribution is -0.150. The summed E-state index contributed by atoms with van der Waals surface area (Å²) in [6, 6.07) is 9.74. The largest absolute Gasteiger partial charge is 0.466 e. The minimum Gasteiger partial charge on any atom is -0.466 e. The molecule has 6 nitrogen and oxygen atoms in total. The molecule has 1 saturated carbocycles. The first-order chi connectivity index (χ1) is 14.2. The molecule has 0 radical (unpaired) electrons. The quantitative estimate of drug-likeness (QED) is 0.639. The van der Waals surface area contributed by atoms with E-state index < -0.39 is 0 Å². The Bertz CT molecular complexity index is 634. The van der Waals surface area contributed by atoms with Gasteiger partial charge in [-0.1, -0.05) is 30.3 Å². The zero-order valence-electron chi connectivity index (χ0n) is 17.4. The fourth-order valence-electron chi connectivity index (χ4n) is 4.09. The van der Waals surface area contributed by atoms with Crippen LogP contribution in [0.5, 0.6) is 0 Å². The van der Waals surface area contributed by atoms with E-state index in [1.165, 1.54) is 0 Å². The number of carbonyl (C=O) groups excluding carboxylic acids is 2. The normalized spacial score (nSPS) is 22.9. The molecule has 0 atom stereocenters. The molecular weight excluding hydrogens is 370 g/mol. The summed E-state index contributed by atoms with van der Waals surface area (Å²) in [5.41, 5.74) is 1.00. The van der Waals surface area contributed by atoms with Crippen molar-refractivity contribution in [3.63, 3.8) is 0 Å². The van der Waals surface area contributed by atoms with Gasteiger partial charge in [-0.2, -0.15) is 0 Å². The number of amides is 1. The van der Waals surface area contributed by atoms with Gasteiger partial charge in [0.2, 0.25) is 0 Å². The maximum Gasteiger partial charge on any atom is 0.410 e. The van der Waals surface area contributed by atoms with E-state index in [1.54, 1.807) is 4.90 Å². The van der Waals surface area contributed by atoms with Crippen molar-refractivity contribution in [1.82, 2.24) is 4.90 Å². The molecule has 1 aliphatic carbocycles. The topological polar surface area (TPSA) is 65.1 Å². The van der Waals surface area contributed by atoms with Crippen molar-refractivity contribution in [1.29, 1.82) is 0 Å². The van der Waals surface area contributed by atoms with Crippen LogP contribution in [0.15, 0.2) is 30.3 Å². The number of piperidine rings is 1. The van der Waals surface area contributed by atoms with Crippen molar-refractivity contribution in [3.8, 4) is 0 Å². The Labute approximate surface area is 173 Å². The highest BCUT2D eigenvalue weighted by Gasteiger charge is 2.29. The summed E-state index contributed by atoms with van der Waals surface area (Å²) in [6.45, 7) is 4.79. The zero-order chi connectivity index (χ0) is 20.5. The highest BCUT2D eigenvalue weighted by Crippen LogP contribution is 2.28. The van der Waals surface area contributed by atoms with E-state index in [1.807, 2.05) is 37.3 Å². The molecule has 6 heteroatoms. The molecule has 0 aromatic heterocycles. The first-order valence-electron chi connectivity index (χ1n) is 10.9. The minimum atomic E-state index is -0.231. The lowest BCUT2D eigenvalue weighted by Crippen LogP contribution is -2.40. The van der Waals surface area contributed by atoms with E-state index in [0.29, 0.717) is 19.1 Å². The molecule has 0 bridgehead atoms. The monoisotopic (exact) mass is 403 g/mol. The molecule has 1 aliphatic heterocycles. The molecule has 3 rings (SSSR count). The van der Waals surface area contributed by atoms with Crippen molar-refractivity contribution >= 4 is 12.1 Å². The Balaban J connectivity index is 1.29. The van der Waals surface area contributed by atoms with E-state index in [2.05, 4.69) is 0 Å². The van der Waals surface area contributed by atoms with Crippen LogP contribution in [0.3, 0.4) is 0 Å². The molecule has 1 aromatic carbocycles. The summed E-state index contributed by atoms with van der Waals surface area (Å²) in [4.78, 5) is 25.9. The number of hydrogen-bond donors (Lipinski definition) is 0. The third-order valence-electron chi connectivity index (χ3n) is 5.94. The predicted molar refractivity (Wildman–Crippen MR) is 109 cm³/mol. The van der Waals surface area contributed by atoms with Crippen LogP contribution in [0.4, 0.5) is 4.79 Å². The molecule has 2 fully saturated rings. The SMILES string of the molecule is CCOC(=O)C1CCC(OCC2CCN(C(=O)OCc3ccccc3)CC2)CC1. The van der Waals surface area contributed by atoms with Gasteiger partial charge in [0.15, 0.2) is 0 Å². The molecular formula is C23H33NO5. The van der Waals surface area contributed by atoms with Crippen molar-refractivity contribution in [2.45, 2.75) is 58.2 Å². The van der Waals surface area contributed by atoms with Crippen LogP contribution in [0.2, 0.25) is 0 Å². The third-order valence-corrected chi connectivity index (χ3v) is 5.94. The van der Waals surface area contributed by atoms with Gasteiger partial charge >= 0.3 is 12.1 Å². The highest BCUT2D eigenvalue weighted by molar-refractivity contribution is 5.72. The molecule has 1 aromatic rings. The van der Waals surface area contributed by atoms with E-state index >= 15 is 0 Å². The number of carbonyl (C=O) groups is 2. The average molecular weight is 404 g/mol. The molecule has 160 valence electrons. The fourth-order valence-corrected chi connectivity index (χ4v) is 4.09. The Kier molecular flexibility index (Phi) is 8.35. The number of rotatable bonds is 7. The minimum absolute atomic E-state index is 0.0416. The maximum absolute atomic E-state index is 12.3. The molecule has 1 saturated heterocycles. The predicted octanol–water partition coefficient (Wildman–Crippen LogP) is 4.17. The van der Waals surface area contributed by atoms with Gasteiger partial charge in [0, 0.05) is 19.7 Å². The Morgan fingerprint density at radius 3 is 2.31 bits per heavy atom. The van der Waals surface area contributed by atoms with Crippen molar-refractivity contribution < 1.29 is 23.8 Å². The van der Waals surface area contributed by atoms with Gasteiger partial charge in [0.05, 0.1) is 18.6 Å². The second-order valence-electron chi connectivity index (χ2n) is 8.03. The van der Waals surface area contributed by atoms with Crippen molar-refractivity contribution in [2.24, 2.45) is 11.8 Å². The van der Waals surface area contributed by atoms with Gasteiger partial charge in [-0.25, -0.2) is 4.79 Å². The Morgan fingerprint density at radius 1 is 0.966 bits per heavy atom. The van der Waals surface area contributed by atoms with Gasteiger partial charge < -0.3 is 19.1 Å². The number of esters is 1. The number of hydrogen-bond acceptors (Lipinski definition) is 5. The first-order valence-corrected chi connectivity index (χ1v) is 10.9. The zero-order valence-corrected chi connectivity index (χ0v) is 17.4. The van der Waals surface area contributed by atoms with Gasteiger partial charge in [-0.15, -0.1) is 0 Å². The summed E-state index contributed by atoms with van der Waals surface area (Å²) in [5.74, 6) is 0.466. The van der Waals surface area contributed by atoms with Crippen LogP contribution in [-0.4, -0.2) is 49.4 Å². The number of ether oxygens (including phenoxy) is 3. The van der Waals surface area contributed by atoms with Crippen molar-refractivity contribution in [2.75, 3.05) is 26.3 Å². The Hall–Kier alpha value is -2.08. The summed E-state index contributed by atoms with van der Waals surface area (Å²) in [5, 5.41) is 0. The van der Waals surface area contributed by atoms with E-state index in [4.69, 9.17) is 14.2 Å². The summed E-state index contributed by atoms with van der Waals surface area (Å²) in [6.07, 6.45) is 5.46. The second-order valence-corrected chi connectivity index (χ2v) is 8.03. The standard InChI is InChI=1S/C23H33NO5/c1-2-27-22(25)20-8-10-21(11-9-20)28-16-19-12-14-24(15-13-19)23(26)29-17-18-6-4-3-5-7-18/h3-7,19-21H,2,8-17H2,1H3. The summed E-state index contributed by atoms with van der Waals surface area (Å²) < 4.78 is 16.7. The fraction of sp³-hybridized carbons (Fsp3) is 0.652. The molecule has 0 spiro atoms.